The molecular formula is C28H26N6O6S. The summed E-state index contributed by atoms with van der Waals surface area (Å²) in [6.45, 7) is 0.697. The number of pyridine rings is 1. The summed E-state index contributed by atoms with van der Waals surface area (Å²) in [5.41, 5.74) is 0.668. The number of nitrogens with one attached hydrogen (secondary N) is 3. The molecule has 6 rings (SSSR count). The molecule has 210 valence electrons. The number of aromatic nitrogens is 1. The van der Waals surface area contributed by atoms with Crippen LogP contribution in [-0.2, 0) is 21.2 Å². The number of fused-ring (bicyclic) bond motifs is 1. The fourth-order valence-electron chi connectivity index (χ4n) is 5.54. The number of carbonyl (C=O) groups excluding carboxylic acids is 4. The normalized spacial score (nSPS) is 22.7. The van der Waals surface area contributed by atoms with Gasteiger partial charge in [0.15, 0.2) is 15.4 Å². The Morgan fingerprint density at radius 2 is 1.80 bits per heavy atom. The van der Waals surface area contributed by atoms with Crippen molar-refractivity contribution in [2.24, 2.45) is 0 Å². The summed E-state index contributed by atoms with van der Waals surface area (Å²) in [7, 11) is -3.32. The maximum atomic E-state index is 13.3. The van der Waals surface area contributed by atoms with Crippen LogP contribution in [0.3, 0.4) is 0 Å². The number of para-hydroxylation sites is 1. The van der Waals surface area contributed by atoms with E-state index in [1.54, 1.807) is 60.7 Å². The highest BCUT2D eigenvalue weighted by Gasteiger charge is 2.58. The van der Waals surface area contributed by atoms with Crippen molar-refractivity contribution in [3.8, 4) is 0 Å². The average Bonchev–Trinajstić information content (AvgIpc) is 3.48. The zero-order valence-corrected chi connectivity index (χ0v) is 22.6. The largest absolute Gasteiger partial charge is 0.365 e. The van der Waals surface area contributed by atoms with Gasteiger partial charge in [-0.2, -0.15) is 0 Å². The van der Waals surface area contributed by atoms with E-state index < -0.39 is 39.3 Å². The second-order valence-corrected chi connectivity index (χ2v) is 12.3. The molecule has 3 N–H and O–H groups in total. The summed E-state index contributed by atoms with van der Waals surface area (Å²) in [4.78, 5) is 59.0. The van der Waals surface area contributed by atoms with Crippen LogP contribution in [0, 0.1) is 0 Å². The first-order chi connectivity index (χ1) is 19.7. The summed E-state index contributed by atoms with van der Waals surface area (Å²) >= 11 is 0. The number of anilines is 1. The molecule has 1 aromatic heterocycles. The zero-order valence-electron chi connectivity index (χ0n) is 21.7. The molecule has 2 saturated heterocycles. The Labute approximate surface area is 235 Å². The van der Waals surface area contributed by atoms with Crippen LogP contribution < -0.4 is 20.9 Å². The first kappa shape index (κ1) is 26.4. The van der Waals surface area contributed by atoms with Crippen LogP contribution >= 0.6 is 0 Å². The Hall–Kier alpha value is -4.78. The monoisotopic (exact) mass is 574 g/mol. The highest BCUT2D eigenvalue weighted by molar-refractivity contribution is 7.91. The predicted octanol–water partition coefficient (Wildman–Crippen LogP) is 0.708. The molecular weight excluding hydrogens is 548 g/mol. The van der Waals surface area contributed by atoms with Crippen LogP contribution in [0.4, 0.5) is 10.5 Å². The lowest BCUT2D eigenvalue weighted by atomic mass is 9.93. The molecule has 2 unspecified atom stereocenters. The van der Waals surface area contributed by atoms with Gasteiger partial charge in [-0.05, 0) is 42.0 Å². The summed E-state index contributed by atoms with van der Waals surface area (Å²) in [6, 6.07) is 15.4. The second kappa shape index (κ2) is 10.0. The molecule has 2 atom stereocenters. The number of likely N-dealkylation sites (tertiary alicyclic amines) is 1. The number of hydrogen-bond donors (Lipinski definition) is 3. The fourth-order valence-corrected chi connectivity index (χ4v) is 7.02. The maximum Gasteiger partial charge on any atom is 0.322 e. The molecule has 41 heavy (non-hydrogen) atoms. The van der Waals surface area contributed by atoms with Crippen LogP contribution in [0.5, 0.6) is 0 Å². The first-order valence-corrected chi connectivity index (χ1v) is 14.6. The molecule has 1 spiro atoms. The lowest BCUT2D eigenvalue weighted by molar-refractivity contribution is -0.124. The number of carbonyl (C=O) groups is 4. The van der Waals surface area contributed by atoms with Crippen molar-refractivity contribution in [3.63, 3.8) is 0 Å². The van der Waals surface area contributed by atoms with E-state index in [4.69, 9.17) is 0 Å². The number of nitrogens with zero attached hydrogens (tertiary/aromatic N) is 3. The van der Waals surface area contributed by atoms with Crippen LogP contribution in [0.2, 0.25) is 0 Å². The molecule has 3 aliphatic heterocycles. The van der Waals surface area contributed by atoms with E-state index in [1.165, 1.54) is 17.3 Å². The Balaban J connectivity index is 1.18. The molecule has 0 saturated carbocycles. The number of benzene rings is 2. The highest BCUT2D eigenvalue weighted by atomic mass is 32.2. The van der Waals surface area contributed by atoms with Gasteiger partial charge in [0, 0.05) is 37.6 Å². The van der Waals surface area contributed by atoms with Crippen molar-refractivity contribution < 1.29 is 27.6 Å². The number of hydrogen-bond acceptors (Lipinski definition) is 8. The molecule has 0 aliphatic carbocycles. The second-order valence-electron chi connectivity index (χ2n) is 10.2. The van der Waals surface area contributed by atoms with Crippen LogP contribution in [0.1, 0.15) is 26.3 Å². The highest BCUT2D eigenvalue weighted by Crippen LogP contribution is 2.31. The minimum absolute atomic E-state index is 0.00251. The number of imide groups is 1. The molecule has 3 aromatic rings. The molecule has 4 heterocycles. The van der Waals surface area contributed by atoms with E-state index in [-0.39, 0.29) is 24.7 Å². The van der Waals surface area contributed by atoms with E-state index in [9.17, 15) is 27.6 Å². The number of amides is 5. The van der Waals surface area contributed by atoms with Crippen molar-refractivity contribution in [2.45, 2.75) is 23.0 Å². The van der Waals surface area contributed by atoms with Gasteiger partial charge in [-0.3, -0.25) is 24.7 Å². The minimum Gasteiger partial charge on any atom is -0.365 e. The topological polar surface area (TPSA) is 158 Å². The average molecular weight is 575 g/mol. The van der Waals surface area contributed by atoms with Gasteiger partial charge in [0.2, 0.25) is 0 Å². The van der Waals surface area contributed by atoms with Gasteiger partial charge in [0.25, 0.3) is 17.7 Å². The van der Waals surface area contributed by atoms with Gasteiger partial charge < -0.3 is 20.4 Å². The summed E-state index contributed by atoms with van der Waals surface area (Å²) < 4.78 is 24.9. The quantitative estimate of drug-likeness (QED) is 0.376. The summed E-state index contributed by atoms with van der Waals surface area (Å²) in [5, 5.41) is 7.67. The van der Waals surface area contributed by atoms with Crippen molar-refractivity contribution >= 4 is 39.3 Å². The van der Waals surface area contributed by atoms with Crippen molar-refractivity contribution in [3.05, 3.63) is 89.7 Å². The minimum atomic E-state index is -3.32. The zero-order chi connectivity index (χ0) is 28.8. The summed E-state index contributed by atoms with van der Waals surface area (Å²) in [6.07, 6.45) is 2.95. The SMILES string of the molecule is O=C1NC(=O)C2(CN(C(=O)c3cccnc3)CC2NC(=O)c2ccc(CN3CCS(=O)(=O)c4ccccc43)cc2)N1. The molecule has 5 amide bonds. The standard InChI is InChI=1S/C28H26N6O6S/c35-24(19-9-7-18(8-10-19)15-33-12-13-41(39,40)22-6-2-1-5-21(22)33)30-23-16-34(25(36)20-4-3-11-29-14-20)17-28(23)26(37)31-27(38)32-28/h1-11,14,23H,12-13,15-17H2,(H,30,35)(H2,31,32,37,38). The van der Waals surface area contributed by atoms with Crippen LogP contribution in [-0.4, -0.2) is 79.0 Å². The van der Waals surface area contributed by atoms with Gasteiger partial charge in [0.1, 0.15) is 0 Å². The van der Waals surface area contributed by atoms with E-state index >= 15 is 0 Å². The Morgan fingerprint density at radius 3 is 2.51 bits per heavy atom. The smallest absolute Gasteiger partial charge is 0.322 e. The maximum absolute atomic E-state index is 13.3. The van der Waals surface area contributed by atoms with Gasteiger partial charge >= 0.3 is 6.03 Å². The van der Waals surface area contributed by atoms with Gasteiger partial charge in [-0.1, -0.05) is 24.3 Å². The lowest BCUT2D eigenvalue weighted by Crippen LogP contribution is -2.62. The van der Waals surface area contributed by atoms with Crippen molar-refractivity contribution in [2.75, 3.05) is 30.3 Å². The van der Waals surface area contributed by atoms with Crippen LogP contribution in [0.15, 0.2) is 78.0 Å². The molecule has 0 bridgehead atoms. The molecule has 12 nitrogen and oxygen atoms in total. The lowest BCUT2D eigenvalue weighted by Gasteiger charge is -2.31. The van der Waals surface area contributed by atoms with Gasteiger partial charge in [-0.25, -0.2) is 13.2 Å². The third kappa shape index (κ3) is 4.78. The molecule has 13 heteroatoms. The Bertz CT molecular complexity index is 1660. The number of sulfone groups is 1. The molecule has 0 radical (unpaired) electrons. The van der Waals surface area contributed by atoms with E-state index in [0.29, 0.717) is 34.8 Å². The molecule has 2 fully saturated rings. The van der Waals surface area contributed by atoms with Gasteiger partial charge in [0.05, 0.1) is 34.5 Å². The molecule has 3 aliphatic rings. The number of rotatable bonds is 5. The third-order valence-electron chi connectivity index (χ3n) is 7.67. The summed E-state index contributed by atoms with van der Waals surface area (Å²) in [5.74, 6) is -1.44. The first-order valence-electron chi connectivity index (χ1n) is 13.0. The van der Waals surface area contributed by atoms with Gasteiger partial charge in [-0.15, -0.1) is 0 Å². The molecule has 2 aromatic carbocycles. The van der Waals surface area contributed by atoms with E-state index in [0.717, 1.165) is 5.56 Å². The Kier molecular flexibility index (Phi) is 6.45. The van der Waals surface area contributed by atoms with Crippen molar-refractivity contribution in [1.29, 1.82) is 0 Å². The Morgan fingerprint density at radius 1 is 1.02 bits per heavy atom. The van der Waals surface area contributed by atoms with E-state index in [2.05, 4.69) is 20.9 Å². The third-order valence-corrected chi connectivity index (χ3v) is 9.40. The predicted molar refractivity (Wildman–Crippen MR) is 147 cm³/mol. The fraction of sp³-hybridized carbons (Fsp3) is 0.250. The van der Waals surface area contributed by atoms with Crippen molar-refractivity contribution in [1.82, 2.24) is 25.8 Å². The number of urea groups is 1. The van der Waals surface area contributed by atoms with E-state index in [1.807, 2.05) is 4.90 Å². The van der Waals surface area contributed by atoms with Crippen LogP contribution in [0.25, 0.3) is 0 Å².